The van der Waals surface area contributed by atoms with Gasteiger partial charge in [0.15, 0.2) is 0 Å². The second-order valence-electron chi connectivity index (χ2n) is 3.33. The van der Waals surface area contributed by atoms with Crippen LogP contribution in [0, 0.1) is 11.3 Å². The number of carboxylic acid groups (broad SMARTS) is 1. The van der Waals surface area contributed by atoms with E-state index in [1.54, 1.807) is 6.07 Å². The average molecular weight is 257 g/mol. The van der Waals surface area contributed by atoms with Crippen molar-refractivity contribution in [2.24, 2.45) is 0 Å². The molecule has 1 aromatic rings. The molecule has 17 heavy (non-hydrogen) atoms. The molecule has 1 aromatic heterocycles. The highest BCUT2D eigenvalue weighted by atomic mass is 35.5. The lowest BCUT2D eigenvalue weighted by atomic mass is 10.0. The summed E-state index contributed by atoms with van der Waals surface area (Å²) in [6.45, 7) is 0. The number of aliphatic hydroxyl groups is 2. The van der Waals surface area contributed by atoms with Crippen molar-refractivity contribution in [1.29, 1.82) is 5.26 Å². The normalized spacial score (nSPS) is 13.8. The summed E-state index contributed by atoms with van der Waals surface area (Å²) in [7, 11) is 0. The molecule has 0 aromatic carbocycles. The Hall–Kier alpha value is -1.68. The molecule has 7 heteroatoms. The first-order chi connectivity index (χ1) is 7.95. The first-order valence-corrected chi connectivity index (χ1v) is 4.97. The van der Waals surface area contributed by atoms with Crippen molar-refractivity contribution in [2.75, 3.05) is 0 Å². The summed E-state index contributed by atoms with van der Waals surface area (Å²) in [5.41, 5.74) is 0.186. The molecule has 0 amide bonds. The van der Waals surface area contributed by atoms with Crippen molar-refractivity contribution in [1.82, 2.24) is 4.98 Å². The standard InChI is InChI=1S/C10H9ClN2O4/c11-10-6(1-5(3-12)4-13-10)9(17)7(14)2-8(15)16/h1,4,7,9,14,17H,2H2,(H,15,16). The first-order valence-electron chi connectivity index (χ1n) is 4.59. The predicted octanol–water partition coefficient (Wildman–Crippen LogP) is 0.476. The maximum atomic E-state index is 10.4. The second-order valence-corrected chi connectivity index (χ2v) is 3.68. The van der Waals surface area contributed by atoms with Crippen molar-refractivity contribution in [2.45, 2.75) is 18.6 Å². The molecule has 0 saturated carbocycles. The Labute approximate surface area is 102 Å². The van der Waals surface area contributed by atoms with Crippen LogP contribution in [0.15, 0.2) is 12.3 Å². The Kier molecular flexibility index (Phi) is 4.40. The fourth-order valence-electron chi connectivity index (χ4n) is 1.23. The number of halogens is 1. The predicted molar refractivity (Wildman–Crippen MR) is 57.2 cm³/mol. The summed E-state index contributed by atoms with van der Waals surface area (Å²) < 4.78 is 0. The van der Waals surface area contributed by atoms with Crippen LogP contribution in [0.1, 0.15) is 23.7 Å². The van der Waals surface area contributed by atoms with E-state index in [4.69, 9.17) is 22.0 Å². The molecule has 0 bridgehead atoms. The van der Waals surface area contributed by atoms with Crippen molar-refractivity contribution in [3.8, 4) is 6.07 Å². The average Bonchev–Trinajstić information content (AvgIpc) is 2.28. The van der Waals surface area contributed by atoms with E-state index in [1.165, 1.54) is 12.3 Å². The third kappa shape index (κ3) is 3.39. The van der Waals surface area contributed by atoms with E-state index < -0.39 is 24.6 Å². The molecule has 2 unspecified atom stereocenters. The molecule has 0 aliphatic rings. The number of hydrogen-bond acceptors (Lipinski definition) is 5. The molecule has 1 heterocycles. The molecule has 90 valence electrons. The fourth-order valence-corrected chi connectivity index (χ4v) is 1.45. The van der Waals surface area contributed by atoms with Crippen LogP contribution < -0.4 is 0 Å². The Morgan fingerprint density at radius 3 is 2.76 bits per heavy atom. The number of pyridine rings is 1. The lowest BCUT2D eigenvalue weighted by Gasteiger charge is -2.17. The molecular formula is C10H9ClN2O4. The molecule has 0 aliphatic carbocycles. The quantitative estimate of drug-likeness (QED) is 0.675. The largest absolute Gasteiger partial charge is 0.481 e. The maximum absolute atomic E-state index is 10.4. The van der Waals surface area contributed by atoms with Gasteiger partial charge in [0.2, 0.25) is 0 Å². The topological polar surface area (TPSA) is 114 Å². The number of hydrogen-bond donors (Lipinski definition) is 3. The van der Waals surface area contributed by atoms with Crippen LogP contribution in [-0.2, 0) is 4.79 Å². The first kappa shape index (κ1) is 13.4. The van der Waals surface area contributed by atoms with E-state index >= 15 is 0 Å². The highest BCUT2D eigenvalue weighted by molar-refractivity contribution is 6.30. The summed E-state index contributed by atoms with van der Waals surface area (Å²) in [5.74, 6) is -1.25. The Balaban J connectivity index is 2.99. The highest BCUT2D eigenvalue weighted by Gasteiger charge is 2.24. The van der Waals surface area contributed by atoms with Crippen LogP contribution >= 0.6 is 11.6 Å². The number of nitriles is 1. The summed E-state index contributed by atoms with van der Waals surface area (Å²) in [4.78, 5) is 14.0. The van der Waals surface area contributed by atoms with Crippen LogP contribution in [0.4, 0.5) is 0 Å². The van der Waals surface area contributed by atoms with E-state index in [0.717, 1.165) is 0 Å². The van der Waals surface area contributed by atoms with Gasteiger partial charge in [-0.15, -0.1) is 0 Å². The lowest BCUT2D eigenvalue weighted by Crippen LogP contribution is -2.22. The van der Waals surface area contributed by atoms with Gasteiger partial charge >= 0.3 is 5.97 Å². The number of rotatable bonds is 4. The number of nitrogens with zero attached hydrogens (tertiary/aromatic N) is 2. The molecule has 0 fully saturated rings. The number of aliphatic carboxylic acids is 1. The number of carbonyl (C=O) groups is 1. The third-order valence-electron chi connectivity index (χ3n) is 2.06. The van der Waals surface area contributed by atoms with E-state index in [9.17, 15) is 15.0 Å². The zero-order valence-corrected chi connectivity index (χ0v) is 9.29. The molecular weight excluding hydrogens is 248 g/mol. The van der Waals surface area contributed by atoms with Crippen molar-refractivity contribution in [3.05, 3.63) is 28.5 Å². The van der Waals surface area contributed by atoms with Gasteiger partial charge in [0, 0.05) is 11.8 Å². The Morgan fingerprint density at radius 1 is 1.59 bits per heavy atom. The summed E-state index contributed by atoms with van der Waals surface area (Å²) in [5, 5.41) is 36.2. The minimum Gasteiger partial charge on any atom is -0.481 e. The number of aromatic nitrogens is 1. The summed E-state index contributed by atoms with van der Waals surface area (Å²) >= 11 is 5.69. The second kappa shape index (κ2) is 5.59. The molecule has 1 rings (SSSR count). The Bertz CT molecular complexity index is 472. The summed E-state index contributed by atoms with van der Waals surface area (Å²) in [6.07, 6.45) is -2.43. The Morgan fingerprint density at radius 2 is 2.24 bits per heavy atom. The summed E-state index contributed by atoms with van der Waals surface area (Å²) in [6, 6.07) is 3.05. The van der Waals surface area contributed by atoms with Gasteiger partial charge in [-0.05, 0) is 6.07 Å². The van der Waals surface area contributed by atoms with E-state index in [0.29, 0.717) is 0 Å². The van der Waals surface area contributed by atoms with Crippen molar-refractivity contribution >= 4 is 17.6 Å². The van der Waals surface area contributed by atoms with E-state index in [2.05, 4.69) is 4.98 Å². The fraction of sp³-hybridized carbons (Fsp3) is 0.300. The number of carboxylic acids is 1. The molecule has 2 atom stereocenters. The van der Waals surface area contributed by atoms with Crippen molar-refractivity contribution < 1.29 is 20.1 Å². The molecule has 0 aliphatic heterocycles. The van der Waals surface area contributed by atoms with Gasteiger partial charge in [-0.2, -0.15) is 5.26 Å². The van der Waals surface area contributed by atoms with Crippen LogP contribution in [0.25, 0.3) is 0 Å². The van der Waals surface area contributed by atoms with Crippen LogP contribution in [0.2, 0.25) is 5.15 Å². The zero-order chi connectivity index (χ0) is 13.0. The molecule has 0 saturated heterocycles. The van der Waals surface area contributed by atoms with Gasteiger partial charge < -0.3 is 15.3 Å². The van der Waals surface area contributed by atoms with Crippen LogP contribution in [-0.4, -0.2) is 32.4 Å². The van der Waals surface area contributed by atoms with Gasteiger partial charge in [-0.25, -0.2) is 4.98 Å². The smallest absolute Gasteiger partial charge is 0.306 e. The SMILES string of the molecule is N#Cc1cnc(Cl)c(C(O)C(O)CC(=O)O)c1. The maximum Gasteiger partial charge on any atom is 0.306 e. The van der Waals surface area contributed by atoms with E-state index in [-0.39, 0.29) is 16.3 Å². The molecule has 0 radical (unpaired) electrons. The van der Waals surface area contributed by atoms with E-state index in [1.807, 2.05) is 0 Å². The van der Waals surface area contributed by atoms with Crippen molar-refractivity contribution in [3.63, 3.8) is 0 Å². The molecule has 6 nitrogen and oxygen atoms in total. The minimum atomic E-state index is -1.51. The van der Waals surface area contributed by atoms with Gasteiger partial charge in [0.25, 0.3) is 0 Å². The van der Waals surface area contributed by atoms with Crippen LogP contribution in [0.3, 0.4) is 0 Å². The van der Waals surface area contributed by atoms with Gasteiger partial charge in [0.1, 0.15) is 17.3 Å². The monoisotopic (exact) mass is 256 g/mol. The minimum absolute atomic E-state index is 0.0273. The molecule has 0 spiro atoms. The third-order valence-corrected chi connectivity index (χ3v) is 2.38. The molecule has 3 N–H and O–H groups in total. The van der Waals surface area contributed by atoms with Gasteiger partial charge in [-0.3, -0.25) is 4.79 Å². The number of aliphatic hydroxyl groups excluding tert-OH is 2. The highest BCUT2D eigenvalue weighted by Crippen LogP contribution is 2.25. The zero-order valence-electron chi connectivity index (χ0n) is 8.54. The lowest BCUT2D eigenvalue weighted by molar-refractivity contribution is -0.141. The van der Waals surface area contributed by atoms with Gasteiger partial charge in [-0.1, -0.05) is 11.6 Å². The van der Waals surface area contributed by atoms with Gasteiger partial charge in [0.05, 0.1) is 18.1 Å². The van der Waals surface area contributed by atoms with Crippen LogP contribution in [0.5, 0.6) is 0 Å².